The molecule has 11 heavy (non-hydrogen) atoms. The molecule has 0 radical (unpaired) electrons. The van der Waals surface area contributed by atoms with Crippen LogP contribution in [0.15, 0.2) is 24.9 Å². The van der Waals surface area contributed by atoms with Crippen molar-refractivity contribution in [3.8, 4) is 0 Å². The Labute approximate surface area is 66.8 Å². The van der Waals surface area contributed by atoms with Crippen molar-refractivity contribution >= 4 is 6.08 Å². The number of hydrogen-bond acceptors (Lipinski definition) is 2. The predicted molar refractivity (Wildman–Crippen MR) is 46.9 cm³/mol. The van der Waals surface area contributed by atoms with Gasteiger partial charge in [-0.15, -0.1) is 0 Å². The number of pyridine rings is 1. The van der Waals surface area contributed by atoms with E-state index in [9.17, 15) is 0 Å². The van der Waals surface area contributed by atoms with Crippen molar-refractivity contribution in [3.63, 3.8) is 0 Å². The Kier molecular flexibility index (Phi) is 2.39. The molecule has 1 aromatic rings. The van der Waals surface area contributed by atoms with Crippen molar-refractivity contribution in [1.82, 2.24) is 4.98 Å². The lowest BCUT2D eigenvalue weighted by Gasteiger charge is -2.06. The van der Waals surface area contributed by atoms with Crippen LogP contribution in [0.1, 0.15) is 24.2 Å². The fourth-order valence-corrected chi connectivity index (χ4v) is 0.983. The maximum absolute atomic E-state index is 5.68. The molecule has 1 atom stereocenters. The molecule has 0 aliphatic rings. The van der Waals surface area contributed by atoms with Crippen LogP contribution in [0, 0.1) is 0 Å². The van der Waals surface area contributed by atoms with Crippen molar-refractivity contribution in [2.45, 2.75) is 13.0 Å². The highest BCUT2D eigenvalue weighted by Gasteiger charge is 2.03. The topological polar surface area (TPSA) is 38.9 Å². The predicted octanol–water partition coefficient (Wildman–Crippen LogP) is 1.74. The summed E-state index contributed by atoms with van der Waals surface area (Å²) in [6.07, 6.45) is 3.51. The minimum absolute atomic E-state index is 0.0239. The summed E-state index contributed by atoms with van der Waals surface area (Å²) in [5.41, 5.74) is 7.60. The Bertz CT molecular complexity index is 253. The van der Waals surface area contributed by atoms with E-state index in [1.165, 1.54) is 0 Å². The van der Waals surface area contributed by atoms with E-state index in [2.05, 4.69) is 11.6 Å². The van der Waals surface area contributed by atoms with Gasteiger partial charge in [-0.2, -0.15) is 0 Å². The average molecular weight is 148 g/mol. The van der Waals surface area contributed by atoms with Gasteiger partial charge in [-0.1, -0.05) is 18.7 Å². The van der Waals surface area contributed by atoms with E-state index >= 15 is 0 Å². The molecule has 0 unspecified atom stereocenters. The van der Waals surface area contributed by atoms with E-state index in [-0.39, 0.29) is 6.04 Å². The van der Waals surface area contributed by atoms with Gasteiger partial charge in [0, 0.05) is 12.2 Å². The summed E-state index contributed by atoms with van der Waals surface area (Å²) in [5, 5.41) is 0. The first-order valence-electron chi connectivity index (χ1n) is 3.58. The minimum atomic E-state index is -0.0239. The third kappa shape index (κ3) is 1.65. The summed E-state index contributed by atoms with van der Waals surface area (Å²) in [6, 6.07) is 3.81. The molecule has 2 nitrogen and oxygen atoms in total. The highest BCUT2D eigenvalue weighted by Crippen LogP contribution is 2.12. The van der Waals surface area contributed by atoms with Crippen LogP contribution in [0.4, 0.5) is 0 Å². The van der Waals surface area contributed by atoms with Crippen molar-refractivity contribution in [2.24, 2.45) is 5.73 Å². The molecule has 0 spiro atoms. The van der Waals surface area contributed by atoms with Gasteiger partial charge >= 0.3 is 0 Å². The first-order valence-corrected chi connectivity index (χ1v) is 3.58. The molecule has 0 amide bonds. The van der Waals surface area contributed by atoms with E-state index in [0.717, 1.165) is 11.3 Å². The summed E-state index contributed by atoms with van der Waals surface area (Å²) in [4.78, 5) is 4.15. The molecule has 0 saturated carbocycles. The summed E-state index contributed by atoms with van der Waals surface area (Å²) in [5.74, 6) is 0. The van der Waals surface area contributed by atoms with Gasteiger partial charge in [0.1, 0.15) is 0 Å². The van der Waals surface area contributed by atoms with Gasteiger partial charge < -0.3 is 5.73 Å². The van der Waals surface area contributed by atoms with Crippen LogP contribution in [0.3, 0.4) is 0 Å². The van der Waals surface area contributed by atoms with E-state index in [1.54, 1.807) is 12.3 Å². The number of rotatable bonds is 2. The van der Waals surface area contributed by atoms with Crippen molar-refractivity contribution in [1.29, 1.82) is 0 Å². The number of nitrogens with zero attached hydrogens (tertiary/aromatic N) is 1. The first kappa shape index (κ1) is 7.95. The molecule has 0 aliphatic carbocycles. The smallest absolute Gasteiger partial charge is 0.0640 e. The lowest BCUT2D eigenvalue weighted by atomic mass is 10.1. The number of hydrogen-bond donors (Lipinski definition) is 1. The SMILES string of the molecule is C=Cc1cccnc1[C@H](C)N. The monoisotopic (exact) mass is 148 g/mol. The Hall–Kier alpha value is -1.15. The average Bonchev–Trinajstić information content (AvgIpc) is 2.04. The quantitative estimate of drug-likeness (QED) is 0.693. The summed E-state index contributed by atoms with van der Waals surface area (Å²) in [7, 11) is 0. The molecule has 2 heteroatoms. The Morgan fingerprint density at radius 1 is 1.73 bits per heavy atom. The van der Waals surface area contributed by atoms with E-state index in [1.807, 2.05) is 19.1 Å². The maximum Gasteiger partial charge on any atom is 0.0640 e. The molecule has 2 N–H and O–H groups in total. The van der Waals surface area contributed by atoms with Crippen molar-refractivity contribution in [3.05, 3.63) is 36.2 Å². The maximum atomic E-state index is 5.68. The van der Waals surface area contributed by atoms with E-state index < -0.39 is 0 Å². The zero-order valence-electron chi connectivity index (χ0n) is 6.62. The first-order chi connectivity index (χ1) is 5.25. The molecular formula is C9H12N2. The lowest BCUT2D eigenvalue weighted by molar-refractivity contribution is 0.778. The third-order valence-corrected chi connectivity index (χ3v) is 1.52. The molecule has 1 rings (SSSR count). The number of nitrogens with two attached hydrogens (primary N) is 1. The zero-order valence-corrected chi connectivity index (χ0v) is 6.62. The van der Waals surface area contributed by atoms with Gasteiger partial charge in [0.15, 0.2) is 0 Å². The molecule has 0 bridgehead atoms. The molecule has 58 valence electrons. The largest absolute Gasteiger partial charge is 0.323 e. The molecule has 0 aliphatic heterocycles. The van der Waals surface area contributed by atoms with Gasteiger partial charge in [-0.05, 0) is 18.6 Å². The van der Waals surface area contributed by atoms with Crippen LogP contribution in [-0.2, 0) is 0 Å². The van der Waals surface area contributed by atoms with Crippen LogP contribution in [-0.4, -0.2) is 4.98 Å². The Morgan fingerprint density at radius 2 is 2.45 bits per heavy atom. The van der Waals surface area contributed by atoms with E-state index in [0.29, 0.717) is 0 Å². The summed E-state index contributed by atoms with van der Waals surface area (Å²) in [6.45, 7) is 5.59. The second kappa shape index (κ2) is 3.30. The fraction of sp³-hybridized carbons (Fsp3) is 0.222. The van der Waals surface area contributed by atoms with Crippen LogP contribution in [0.2, 0.25) is 0 Å². The van der Waals surface area contributed by atoms with Crippen LogP contribution >= 0.6 is 0 Å². The fourth-order valence-electron chi connectivity index (χ4n) is 0.983. The molecule has 0 aromatic carbocycles. The normalized spacial score (nSPS) is 12.5. The molecule has 0 fully saturated rings. The van der Waals surface area contributed by atoms with Crippen LogP contribution in [0.5, 0.6) is 0 Å². The van der Waals surface area contributed by atoms with Crippen LogP contribution < -0.4 is 5.73 Å². The van der Waals surface area contributed by atoms with E-state index in [4.69, 9.17) is 5.73 Å². The third-order valence-electron chi connectivity index (χ3n) is 1.52. The molecule has 1 aromatic heterocycles. The van der Waals surface area contributed by atoms with Gasteiger partial charge in [-0.3, -0.25) is 4.98 Å². The standard InChI is InChI=1S/C9H12N2/c1-3-8-5-4-6-11-9(8)7(2)10/h3-7H,1,10H2,2H3/t7-/m0/s1. The molecule has 1 heterocycles. The molecule has 0 saturated heterocycles. The Morgan fingerprint density at radius 3 is 2.91 bits per heavy atom. The summed E-state index contributed by atoms with van der Waals surface area (Å²) < 4.78 is 0. The van der Waals surface area contributed by atoms with Gasteiger partial charge in [0.05, 0.1) is 5.69 Å². The van der Waals surface area contributed by atoms with Crippen molar-refractivity contribution in [2.75, 3.05) is 0 Å². The molecular weight excluding hydrogens is 136 g/mol. The minimum Gasteiger partial charge on any atom is -0.323 e. The highest BCUT2D eigenvalue weighted by molar-refractivity contribution is 5.49. The van der Waals surface area contributed by atoms with Gasteiger partial charge in [-0.25, -0.2) is 0 Å². The van der Waals surface area contributed by atoms with Gasteiger partial charge in [0.25, 0.3) is 0 Å². The second-order valence-corrected chi connectivity index (χ2v) is 2.47. The summed E-state index contributed by atoms with van der Waals surface area (Å²) >= 11 is 0. The lowest BCUT2D eigenvalue weighted by Crippen LogP contribution is -2.08. The van der Waals surface area contributed by atoms with Crippen molar-refractivity contribution < 1.29 is 0 Å². The number of aromatic nitrogens is 1. The Balaban J connectivity index is 3.12. The second-order valence-electron chi connectivity index (χ2n) is 2.47. The van der Waals surface area contributed by atoms with Crippen LogP contribution in [0.25, 0.3) is 6.08 Å². The highest BCUT2D eigenvalue weighted by atomic mass is 14.8. The zero-order chi connectivity index (χ0) is 8.27. The van der Waals surface area contributed by atoms with Gasteiger partial charge in [0.2, 0.25) is 0 Å².